The van der Waals surface area contributed by atoms with Gasteiger partial charge in [-0.05, 0) is 60.0 Å². The third-order valence-corrected chi connectivity index (χ3v) is 7.01. The number of carbonyl (C=O) groups is 3. The Morgan fingerprint density at radius 2 is 1.85 bits per heavy atom. The van der Waals surface area contributed by atoms with Crippen LogP contribution in [0.1, 0.15) is 45.1 Å². The van der Waals surface area contributed by atoms with Crippen molar-refractivity contribution < 1.29 is 29.0 Å². The Kier molecular flexibility index (Phi) is 9.11. The summed E-state index contributed by atoms with van der Waals surface area (Å²) in [7, 11) is 0. The van der Waals surface area contributed by atoms with Gasteiger partial charge in [-0.2, -0.15) is 4.39 Å². The molecule has 11 heteroatoms. The van der Waals surface area contributed by atoms with Crippen molar-refractivity contribution >= 4 is 35.1 Å². The summed E-state index contributed by atoms with van der Waals surface area (Å²) in [5, 5.41) is 28.8. The molecular formula is C28H28ClFN4O5. The highest BCUT2D eigenvalue weighted by atomic mass is 35.5. The van der Waals surface area contributed by atoms with Crippen LogP contribution in [-0.4, -0.2) is 46.1 Å². The summed E-state index contributed by atoms with van der Waals surface area (Å²) >= 11 is 6.54. The molecule has 0 aliphatic carbocycles. The van der Waals surface area contributed by atoms with Crippen LogP contribution in [0.4, 0.5) is 10.1 Å². The van der Waals surface area contributed by atoms with Crippen molar-refractivity contribution in [2.24, 2.45) is 5.92 Å². The fourth-order valence-electron chi connectivity index (χ4n) is 4.76. The largest absolute Gasteiger partial charge is 0.481 e. The number of rotatable bonds is 10. The van der Waals surface area contributed by atoms with Crippen molar-refractivity contribution in [1.82, 2.24) is 15.6 Å². The first-order chi connectivity index (χ1) is 18.7. The van der Waals surface area contributed by atoms with Gasteiger partial charge in [0.05, 0.1) is 35.3 Å². The van der Waals surface area contributed by atoms with E-state index in [4.69, 9.17) is 11.6 Å². The molecule has 0 radical (unpaired) electrons. The number of anilines is 1. The molecule has 2 aromatic carbocycles. The van der Waals surface area contributed by atoms with Crippen LogP contribution in [0.15, 0.2) is 54.6 Å². The molecule has 2 atom stereocenters. The molecule has 2 heterocycles. The van der Waals surface area contributed by atoms with Gasteiger partial charge >= 0.3 is 11.9 Å². The van der Waals surface area contributed by atoms with Crippen LogP contribution in [0.2, 0.25) is 5.02 Å². The number of amides is 1. The molecule has 0 fully saturated rings. The molecule has 0 saturated heterocycles. The minimum Gasteiger partial charge on any atom is -0.481 e. The molecule has 9 nitrogen and oxygen atoms in total. The number of hydrogen-bond acceptors (Lipinski definition) is 6. The first-order valence-electron chi connectivity index (χ1n) is 12.4. The lowest BCUT2D eigenvalue weighted by Crippen LogP contribution is -2.31. The van der Waals surface area contributed by atoms with Crippen molar-refractivity contribution in [1.29, 1.82) is 0 Å². The van der Waals surface area contributed by atoms with Crippen molar-refractivity contribution in [3.8, 4) is 0 Å². The summed E-state index contributed by atoms with van der Waals surface area (Å²) in [6, 6.07) is 14.8. The molecule has 1 aliphatic heterocycles. The van der Waals surface area contributed by atoms with Crippen molar-refractivity contribution in [3.63, 3.8) is 0 Å². The SMILES string of the molecule is O=C(O)CC(C(=O)O)C1CNCCc2c1ccc(Cl)c2NCc1ccc(C(=O)NCc2cccc(F)n2)cc1. The van der Waals surface area contributed by atoms with Crippen LogP contribution >= 0.6 is 11.6 Å². The monoisotopic (exact) mass is 554 g/mol. The number of benzene rings is 2. The number of fused-ring (bicyclic) bond motifs is 1. The van der Waals surface area contributed by atoms with Gasteiger partial charge in [-0.15, -0.1) is 0 Å². The van der Waals surface area contributed by atoms with Gasteiger partial charge in [0, 0.05) is 24.6 Å². The average Bonchev–Trinajstić information content (AvgIpc) is 3.12. The third kappa shape index (κ3) is 7.10. The first-order valence-corrected chi connectivity index (χ1v) is 12.8. The van der Waals surface area contributed by atoms with E-state index in [1.165, 1.54) is 12.1 Å². The molecule has 1 amide bonds. The summed E-state index contributed by atoms with van der Waals surface area (Å²) in [5.74, 6) is -4.86. The number of halogens is 2. The van der Waals surface area contributed by atoms with Crippen molar-refractivity contribution in [3.05, 3.63) is 93.5 Å². The van der Waals surface area contributed by atoms with Crippen molar-refractivity contribution in [2.75, 3.05) is 18.4 Å². The number of aromatic nitrogens is 1. The summed E-state index contributed by atoms with van der Waals surface area (Å²) in [6.07, 6.45) is 0.110. The van der Waals surface area contributed by atoms with E-state index >= 15 is 0 Å². The zero-order chi connectivity index (χ0) is 27.9. The van der Waals surface area contributed by atoms with E-state index in [-0.39, 0.29) is 12.5 Å². The molecule has 2 unspecified atom stereocenters. The average molecular weight is 555 g/mol. The van der Waals surface area contributed by atoms with Crippen LogP contribution in [0.25, 0.3) is 0 Å². The maximum absolute atomic E-state index is 13.2. The molecule has 0 spiro atoms. The van der Waals surface area contributed by atoms with E-state index in [0.29, 0.717) is 48.0 Å². The lowest BCUT2D eigenvalue weighted by molar-refractivity contribution is -0.149. The topological polar surface area (TPSA) is 141 Å². The Morgan fingerprint density at radius 1 is 1.08 bits per heavy atom. The first kappa shape index (κ1) is 28.0. The fraction of sp³-hybridized carbons (Fsp3) is 0.286. The highest BCUT2D eigenvalue weighted by molar-refractivity contribution is 6.33. The van der Waals surface area contributed by atoms with E-state index in [2.05, 4.69) is 20.9 Å². The van der Waals surface area contributed by atoms with Crippen molar-refractivity contribution in [2.45, 2.75) is 31.8 Å². The second kappa shape index (κ2) is 12.7. The Morgan fingerprint density at radius 3 is 2.54 bits per heavy atom. The molecule has 204 valence electrons. The number of carbonyl (C=O) groups excluding carboxylic acids is 1. The predicted molar refractivity (Wildman–Crippen MR) is 143 cm³/mol. The number of pyridine rings is 1. The van der Waals surface area contributed by atoms with Gasteiger partial charge in [-0.1, -0.05) is 35.9 Å². The van der Waals surface area contributed by atoms with Crippen LogP contribution in [0.5, 0.6) is 0 Å². The molecule has 5 N–H and O–H groups in total. The number of nitrogens with one attached hydrogen (secondary N) is 3. The smallest absolute Gasteiger partial charge is 0.307 e. The molecule has 3 aromatic rings. The molecule has 1 aromatic heterocycles. The van der Waals surface area contributed by atoms with Crippen LogP contribution < -0.4 is 16.0 Å². The van der Waals surface area contributed by atoms with Gasteiger partial charge in [0.15, 0.2) is 0 Å². The second-order valence-corrected chi connectivity index (χ2v) is 9.69. The van der Waals surface area contributed by atoms with E-state index in [0.717, 1.165) is 16.7 Å². The van der Waals surface area contributed by atoms with Gasteiger partial charge in [0.2, 0.25) is 5.95 Å². The highest BCUT2D eigenvalue weighted by Gasteiger charge is 2.34. The Labute approximate surface area is 229 Å². The second-order valence-electron chi connectivity index (χ2n) is 9.28. The van der Waals surface area contributed by atoms with E-state index in [1.807, 2.05) is 0 Å². The Bertz CT molecular complexity index is 1370. The standard InChI is InChI=1S/C28H28ClFN4O5/c29-23-9-8-19-20(10-11-31-15-22(19)21(28(38)39)12-25(35)36)26(23)32-13-16-4-6-17(7-5-16)27(37)33-14-18-2-1-3-24(30)34-18/h1-9,21-22,31-32H,10-15H2,(H,33,37)(H,35,36)(H,38,39). The summed E-state index contributed by atoms with van der Waals surface area (Å²) in [6.45, 7) is 1.42. The van der Waals surface area contributed by atoms with Crippen LogP contribution in [-0.2, 0) is 29.1 Å². The zero-order valence-electron chi connectivity index (χ0n) is 20.9. The van der Waals surface area contributed by atoms with Gasteiger partial charge in [-0.3, -0.25) is 14.4 Å². The maximum atomic E-state index is 13.2. The molecule has 39 heavy (non-hydrogen) atoms. The van der Waals surface area contributed by atoms with Crippen LogP contribution in [0, 0.1) is 11.9 Å². The predicted octanol–water partition coefficient (Wildman–Crippen LogP) is 3.82. The van der Waals surface area contributed by atoms with E-state index < -0.39 is 36.1 Å². The number of carboxylic acids is 2. The zero-order valence-corrected chi connectivity index (χ0v) is 21.7. The number of carboxylic acid groups (broad SMARTS) is 2. The molecule has 0 saturated carbocycles. The number of nitrogens with zero attached hydrogens (tertiary/aromatic N) is 1. The number of aliphatic carboxylic acids is 2. The summed E-state index contributed by atoms with van der Waals surface area (Å²) < 4.78 is 13.2. The molecule has 0 bridgehead atoms. The lowest BCUT2D eigenvalue weighted by Gasteiger charge is -2.25. The summed E-state index contributed by atoms with van der Waals surface area (Å²) in [4.78, 5) is 39.5. The summed E-state index contributed by atoms with van der Waals surface area (Å²) in [5.41, 5.74) is 4.03. The maximum Gasteiger partial charge on any atom is 0.307 e. The van der Waals surface area contributed by atoms with E-state index in [1.54, 1.807) is 42.5 Å². The Hall–Kier alpha value is -4.02. The van der Waals surface area contributed by atoms with Crippen LogP contribution in [0.3, 0.4) is 0 Å². The Balaban J connectivity index is 1.46. The highest BCUT2D eigenvalue weighted by Crippen LogP contribution is 2.38. The van der Waals surface area contributed by atoms with E-state index in [9.17, 15) is 29.0 Å². The van der Waals surface area contributed by atoms with Gasteiger partial charge in [0.25, 0.3) is 5.91 Å². The van der Waals surface area contributed by atoms with Gasteiger partial charge < -0.3 is 26.2 Å². The quantitative estimate of drug-likeness (QED) is 0.238. The molecular weight excluding hydrogens is 527 g/mol. The molecule has 4 rings (SSSR count). The van der Waals surface area contributed by atoms with Gasteiger partial charge in [0.1, 0.15) is 0 Å². The third-order valence-electron chi connectivity index (χ3n) is 6.70. The fourth-order valence-corrected chi connectivity index (χ4v) is 5.00. The van der Waals surface area contributed by atoms with Gasteiger partial charge in [-0.25, -0.2) is 4.98 Å². The lowest BCUT2D eigenvalue weighted by atomic mass is 9.81. The number of hydrogen-bond donors (Lipinski definition) is 5. The minimum absolute atomic E-state index is 0.0998. The minimum atomic E-state index is -1.16. The molecule has 1 aliphatic rings. The normalized spacial score (nSPS) is 15.5.